The number of anilines is 1. The van der Waals surface area contributed by atoms with Gasteiger partial charge in [0.15, 0.2) is 0 Å². The van der Waals surface area contributed by atoms with Crippen LogP contribution in [0.3, 0.4) is 0 Å². The largest absolute Gasteiger partial charge is 0.397 e. The number of nitrogen functional groups attached to an aromatic ring is 1. The zero-order chi connectivity index (χ0) is 9.68. The Balaban J connectivity index is 2.51. The number of hydrogen-bond acceptors (Lipinski definition) is 3. The molecule has 0 unspecified atom stereocenters. The van der Waals surface area contributed by atoms with E-state index in [1.165, 1.54) is 17.3 Å². The molecular weight excluding hydrogens is 227 g/mol. The lowest BCUT2D eigenvalue weighted by atomic mass is 10.4. The van der Waals surface area contributed by atoms with Gasteiger partial charge in [0, 0.05) is 16.3 Å². The first-order chi connectivity index (χ1) is 6.22. The second-order valence-electron chi connectivity index (χ2n) is 2.27. The quantitative estimate of drug-likeness (QED) is 0.818. The molecule has 0 aliphatic carbocycles. The molecule has 0 spiro atoms. The van der Waals surface area contributed by atoms with Crippen molar-refractivity contribution in [3.63, 3.8) is 0 Å². The minimum atomic E-state index is 0.602. The van der Waals surface area contributed by atoms with E-state index in [0.29, 0.717) is 16.5 Å². The summed E-state index contributed by atoms with van der Waals surface area (Å²) in [6, 6.07) is 3.64. The van der Waals surface area contributed by atoms with Crippen LogP contribution in [0.25, 0.3) is 0 Å². The predicted molar refractivity (Wildman–Crippen MR) is 59.2 cm³/mol. The number of thioether (sulfide) groups is 1. The summed E-state index contributed by atoms with van der Waals surface area (Å²) in [6.45, 7) is 0. The summed E-state index contributed by atoms with van der Waals surface area (Å²) in [5.41, 5.74) is 7.49. The molecule has 0 bridgehead atoms. The molecule has 1 aromatic rings. The van der Waals surface area contributed by atoms with Gasteiger partial charge in [-0.2, -0.15) is 0 Å². The SMILES string of the molecule is Nc1ccc(SCC(Cl)=CCl)nc1. The zero-order valence-electron chi connectivity index (χ0n) is 6.71. The van der Waals surface area contributed by atoms with Crippen molar-refractivity contribution in [2.24, 2.45) is 0 Å². The first-order valence-corrected chi connectivity index (χ1v) is 5.31. The van der Waals surface area contributed by atoms with Gasteiger partial charge in [0.2, 0.25) is 0 Å². The number of nitrogens with zero attached hydrogens (tertiary/aromatic N) is 1. The van der Waals surface area contributed by atoms with Crippen molar-refractivity contribution in [3.8, 4) is 0 Å². The van der Waals surface area contributed by atoms with E-state index < -0.39 is 0 Å². The van der Waals surface area contributed by atoms with E-state index in [0.717, 1.165) is 5.03 Å². The van der Waals surface area contributed by atoms with E-state index in [-0.39, 0.29) is 0 Å². The first kappa shape index (κ1) is 10.7. The van der Waals surface area contributed by atoms with E-state index in [9.17, 15) is 0 Å². The molecule has 0 aliphatic heterocycles. The first-order valence-electron chi connectivity index (χ1n) is 3.51. The molecule has 0 atom stereocenters. The van der Waals surface area contributed by atoms with Gasteiger partial charge in [-0.15, -0.1) is 11.8 Å². The third-order valence-corrected chi connectivity index (χ3v) is 3.00. The lowest BCUT2D eigenvalue weighted by Crippen LogP contribution is -1.87. The lowest BCUT2D eigenvalue weighted by Gasteiger charge is -1.99. The number of pyridine rings is 1. The molecule has 0 aliphatic rings. The molecule has 1 heterocycles. The van der Waals surface area contributed by atoms with E-state index >= 15 is 0 Å². The Labute approximate surface area is 91.1 Å². The van der Waals surface area contributed by atoms with Crippen molar-refractivity contribution < 1.29 is 0 Å². The van der Waals surface area contributed by atoms with Crippen LogP contribution in [0.15, 0.2) is 33.9 Å². The highest BCUT2D eigenvalue weighted by molar-refractivity contribution is 7.99. The van der Waals surface area contributed by atoms with Crippen LogP contribution in [-0.4, -0.2) is 10.7 Å². The summed E-state index contributed by atoms with van der Waals surface area (Å²) in [4.78, 5) is 4.09. The maximum Gasteiger partial charge on any atom is 0.0965 e. The van der Waals surface area contributed by atoms with E-state index in [1.807, 2.05) is 6.07 Å². The second kappa shape index (κ2) is 5.37. The van der Waals surface area contributed by atoms with Gasteiger partial charge in [0.05, 0.1) is 16.9 Å². The molecule has 0 amide bonds. The second-order valence-corrected chi connectivity index (χ2v) is 3.97. The number of hydrogen-bond donors (Lipinski definition) is 1. The summed E-state index contributed by atoms with van der Waals surface area (Å²) in [7, 11) is 0. The highest BCUT2D eigenvalue weighted by Gasteiger charge is 1.97. The normalized spacial score (nSPS) is 11.7. The molecule has 13 heavy (non-hydrogen) atoms. The van der Waals surface area contributed by atoms with Gasteiger partial charge in [-0.1, -0.05) is 23.2 Å². The van der Waals surface area contributed by atoms with Crippen LogP contribution < -0.4 is 5.73 Å². The van der Waals surface area contributed by atoms with Crippen molar-refractivity contribution in [1.82, 2.24) is 4.98 Å². The van der Waals surface area contributed by atoms with Crippen LogP contribution in [0.1, 0.15) is 0 Å². The molecule has 2 N–H and O–H groups in total. The Bertz CT molecular complexity index is 298. The Morgan fingerprint density at radius 2 is 2.38 bits per heavy atom. The molecule has 0 fully saturated rings. The fraction of sp³-hybridized carbons (Fsp3) is 0.125. The van der Waals surface area contributed by atoms with Gasteiger partial charge in [-0.3, -0.25) is 0 Å². The van der Waals surface area contributed by atoms with Gasteiger partial charge in [-0.05, 0) is 12.1 Å². The maximum atomic E-state index is 5.70. The number of nitrogens with two attached hydrogens (primary N) is 1. The summed E-state index contributed by atoms with van der Waals surface area (Å²) >= 11 is 12.6. The molecule has 0 saturated carbocycles. The highest BCUT2D eigenvalue weighted by atomic mass is 35.5. The van der Waals surface area contributed by atoms with Crippen LogP contribution >= 0.6 is 35.0 Å². The summed E-state index contributed by atoms with van der Waals surface area (Å²) in [5, 5.41) is 1.48. The third kappa shape index (κ3) is 3.89. The highest BCUT2D eigenvalue weighted by Crippen LogP contribution is 2.20. The Kier molecular flexibility index (Phi) is 4.42. The zero-order valence-corrected chi connectivity index (χ0v) is 9.03. The predicted octanol–water partition coefficient (Wildman–Crippen LogP) is 3.07. The summed E-state index contributed by atoms with van der Waals surface area (Å²) < 4.78 is 0. The van der Waals surface area contributed by atoms with E-state index in [4.69, 9.17) is 28.9 Å². The molecule has 0 radical (unpaired) electrons. The van der Waals surface area contributed by atoms with Crippen molar-refractivity contribution in [2.75, 3.05) is 11.5 Å². The molecule has 0 saturated heterocycles. The fourth-order valence-corrected chi connectivity index (χ4v) is 1.64. The third-order valence-electron chi connectivity index (χ3n) is 1.24. The average molecular weight is 235 g/mol. The van der Waals surface area contributed by atoms with Crippen LogP contribution in [0.5, 0.6) is 0 Å². The van der Waals surface area contributed by atoms with Gasteiger partial charge in [0.25, 0.3) is 0 Å². The van der Waals surface area contributed by atoms with Gasteiger partial charge < -0.3 is 5.73 Å². The van der Waals surface area contributed by atoms with Crippen molar-refractivity contribution in [3.05, 3.63) is 28.9 Å². The van der Waals surface area contributed by atoms with Crippen LogP contribution in [0, 0.1) is 0 Å². The molecular formula is C8H8Cl2N2S. The number of halogens is 2. The molecule has 70 valence electrons. The Morgan fingerprint density at radius 1 is 1.62 bits per heavy atom. The van der Waals surface area contributed by atoms with Gasteiger partial charge in [-0.25, -0.2) is 4.98 Å². The molecule has 1 rings (SSSR count). The van der Waals surface area contributed by atoms with Crippen molar-refractivity contribution in [1.29, 1.82) is 0 Å². The molecule has 1 aromatic heterocycles. The fourth-order valence-electron chi connectivity index (χ4n) is 0.651. The Morgan fingerprint density at radius 3 is 2.92 bits per heavy atom. The standard InChI is InChI=1S/C8H8Cl2N2S/c9-3-6(10)5-13-8-2-1-7(11)4-12-8/h1-4H,5,11H2. The van der Waals surface area contributed by atoms with Gasteiger partial charge in [0.1, 0.15) is 0 Å². The minimum absolute atomic E-state index is 0.602. The maximum absolute atomic E-state index is 5.70. The van der Waals surface area contributed by atoms with Crippen LogP contribution in [0.2, 0.25) is 0 Å². The van der Waals surface area contributed by atoms with Crippen LogP contribution in [-0.2, 0) is 0 Å². The monoisotopic (exact) mass is 234 g/mol. The van der Waals surface area contributed by atoms with E-state index in [2.05, 4.69) is 4.98 Å². The molecule has 2 nitrogen and oxygen atoms in total. The summed E-state index contributed by atoms with van der Waals surface area (Å²) in [5.74, 6) is 0.627. The van der Waals surface area contributed by atoms with Gasteiger partial charge >= 0.3 is 0 Å². The van der Waals surface area contributed by atoms with Crippen molar-refractivity contribution >= 4 is 40.7 Å². The van der Waals surface area contributed by atoms with E-state index in [1.54, 1.807) is 12.3 Å². The topological polar surface area (TPSA) is 38.9 Å². The lowest BCUT2D eigenvalue weighted by molar-refractivity contribution is 1.14. The Hall–Kier alpha value is -0.380. The minimum Gasteiger partial charge on any atom is -0.397 e. The van der Waals surface area contributed by atoms with Crippen molar-refractivity contribution in [2.45, 2.75) is 5.03 Å². The average Bonchev–Trinajstić information content (AvgIpc) is 2.16. The van der Waals surface area contributed by atoms with Crippen LogP contribution in [0.4, 0.5) is 5.69 Å². The number of rotatable bonds is 3. The smallest absolute Gasteiger partial charge is 0.0965 e. The summed E-state index contributed by atoms with van der Waals surface area (Å²) in [6.07, 6.45) is 1.61. The number of aromatic nitrogens is 1. The molecule has 5 heteroatoms. The molecule has 0 aromatic carbocycles.